The van der Waals surface area contributed by atoms with Crippen LogP contribution in [0.3, 0.4) is 0 Å². The lowest BCUT2D eigenvalue weighted by Gasteiger charge is -2.36. The van der Waals surface area contributed by atoms with Gasteiger partial charge in [0.05, 0.1) is 48.7 Å². The zero-order chi connectivity index (χ0) is 42.3. The maximum atomic E-state index is 14.3. The maximum absolute atomic E-state index is 14.3. The van der Waals surface area contributed by atoms with Gasteiger partial charge in [0, 0.05) is 68.3 Å². The molecule has 62 heavy (non-hydrogen) atoms. The van der Waals surface area contributed by atoms with Gasteiger partial charge in [-0.05, 0) is 80.4 Å². The van der Waals surface area contributed by atoms with Crippen molar-refractivity contribution in [3.8, 4) is 11.8 Å². The molecule has 0 radical (unpaired) electrons. The number of halogens is 2. The number of alkyl halides is 2. The molecule has 3 atom stereocenters. The predicted octanol–water partition coefficient (Wildman–Crippen LogP) is 5.43. The summed E-state index contributed by atoms with van der Waals surface area (Å²) >= 11 is 0. The number of imide groups is 1. The fourth-order valence-electron chi connectivity index (χ4n) is 10.0. The first-order valence-electron chi connectivity index (χ1n) is 21.7. The summed E-state index contributed by atoms with van der Waals surface area (Å²) in [6, 6.07) is 7.91. The number of ether oxygens (including phenoxy) is 2. The Balaban J connectivity index is 0.694. The van der Waals surface area contributed by atoms with Gasteiger partial charge in [-0.1, -0.05) is 24.0 Å². The number of aromatic nitrogens is 6. The minimum atomic E-state index is -2.85. The number of amides is 3. The van der Waals surface area contributed by atoms with Crippen molar-refractivity contribution in [3.63, 3.8) is 0 Å². The van der Waals surface area contributed by atoms with Crippen LogP contribution in [0.25, 0.3) is 16.4 Å². The molecule has 5 fully saturated rings. The summed E-state index contributed by atoms with van der Waals surface area (Å²) in [6.45, 7) is 4.56. The number of carbonyl (C=O) groups excluding carboxylic acids is 3. The molecule has 1 aliphatic carbocycles. The molecular formula is C45H48F2N10O5. The van der Waals surface area contributed by atoms with Gasteiger partial charge >= 0.3 is 0 Å². The molecule has 8 heterocycles. The lowest BCUT2D eigenvalue weighted by Crippen LogP contribution is -2.40. The van der Waals surface area contributed by atoms with Crippen LogP contribution in [0.2, 0.25) is 0 Å². The highest BCUT2D eigenvalue weighted by Gasteiger charge is 2.40. The van der Waals surface area contributed by atoms with Gasteiger partial charge in [-0.25, -0.2) is 18.3 Å². The largest absolute Gasteiger partial charge is 0.374 e. The quantitative estimate of drug-likeness (QED) is 0.136. The highest BCUT2D eigenvalue weighted by atomic mass is 19.3. The Morgan fingerprint density at radius 3 is 2.65 bits per heavy atom. The minimum absolute atomic E-state index is 0.000756. The van der Waals surface area contributed by atoms with E-state index in [0.29, 0.717) is 37.6 Å². The first kappa shape index (κ1) is 40.3. The molecule has 5 aliphatic rings. The van der Waals surface area contributed by atoms with E-state index >= 15 is 0 Å². The molecule has 0 spiro atoms. The molecule has 4 saturated heterocycles. The number of pyridine rings is 1. The molecule has 4 aromatic heterocycles. The molecule has 4 aliphatic heterocycles. The fourth-order valence-corrected chi connectivity index (χ4v) is 10.0. The number of carbonyl (C=O) groups is 3. The van der Waals surface area contributed by atoms with Crippen molar-refractivity contribution < 1.29 is 32.6 Å². The van der Waals surface area contributed by atoms with E-state index in [1.54, 1.807) is 29.5 Å². The number of piperidine rings is 2. The van der Waals surface area contributed by atoms with Gasteiger partial charge < -0.3 is 24.6 Å². The van der Waals surface area contributed by atoms with E-state index in [2.05, 4.69) is 47.5 Å². The Hall–Kier alpha value is -5.83. The average Bonchev–Trinajstić information content (AvgIpc) is 4.11. The van der Waals surface area contributed by atoms with Crippen LogP contribution < -0.4 is 15.5 Å². The summed E-state index contributed by atoms with van der Waals surface area (Å²) in [5, 5.41) is 15.5. The van der Waals surface area contributed by atoms with E-state index in [-0.39, 0.29) is 47.4 Å². The number of hydrogen-bond acceptors (Lipinski definition) is 11. The second-order valence-electron chi connectivity index (χ2n) is 17.2. The Bertz CT molecular complexity index is 2570. The smallest absolute Gasteiger partial charge is 0.284 e. The number of likely N-dealkylation sites (tertiary alicyclic amines) is 1. The van der Waals surface area contributed by atoms with Crippen LogP contribution in [-0.4, -0.2) is 110 Å². The number of fused-ring (bicyclic) bond motifs is 4. The van der Waals surface area contributed by atoms with Gasteiger partial charge in [0.25, 0.3) is 12.3 Å². The van der Waals surface area contributed by atoms with Crippen molar-refractivity contribution in [2.75, 3.05) is 49.6 Å². The molecule has 15 nitrogen and oxygen atoms in total. The summed E-state index contributed by atoms with van der Waals surface area (Å²) in [5.74, 6) is 6.14. The van der Waals surface area contributed by atoms with Crippen LogP contribution in [0.1, 0.15) is 103 Å². The van der Waals surface area contributed by atoms with Gasteiger partial charge in [-0.2, -0.15) is 10.2 Å². The number of nitrogens with one attached hydrogen (secondary N) is 2. The normalized spacial score (nSPS) is 24.5. The SMILES string of the molecule is O=C1CCC(c2cncc3c(C#CCOC4CCN(C[C@H]5CC[C@H](n6cc(NC(=O)c7cnn8ccc(N9C[C@H]%10C[C@@H]9CO%10)nc78)c(C(F)F)n6)CC5)CC4)cccc23)C(=O)N1. The molecule has 1 unspecified atom stereocenters. The molecule has 17 heteroatoms. The van der Waals surface area contributed by atoms with Crippen LogP contribution in [0.15, 0.2) is 55.2 Å². The van der Waals surface area contributed by atoms with Crippen molar-refractivity contribution in [3.05, 3.63) is 77.6 Å². The van der Waals surface area contributed by atoms with Crippen LogP contribution >= 0.6 is 0 Å². The fraction of sp³-hybridized carbons (Fsp3) is 0.489. The number of benzene rings is 1. The highest BCUT2D eigenvalue weighted by molar-refractivity contribution is 6.08. The van der Waals surface area contributed by atoms with Crippen LogP contribution in [0.5, 0.6) is 0 Å². The Morgan fingerprint density at radius 2 is 1.87 bits per heavy atom. The lowest BCUT2D eigenvalue weighted by atomic mass is 9.85. The lowest BCUT2D eigenvalue weighted by molar-refractivity contribution is -0.134. The molecule has 5 aromatic rings. The molecule has 1 aromatic carbocycles. The molecule has 1 saturated carbocycles. The second kappa shape index (κ2) is 17.1. The molecule has 10 rings (SSSR count). The molecule has 2 bridgehead atoms. The van der Waals surface area contributed by atoms with Gasteiger partial charge in [-0.15, -0.1) is 0 Å². The zero-order valence-electron chi connectivity index (χ0n) is 34.2. The summed E-state index contributed by atoms with van der Waals surface area (Å²) < 4.78 is 43.6. The topological polar surface area (TPSA) is 161 Å². The van der Waals surface area contributed by atoms with Crippen molar-refractivity contribution in [1.82, 2.24) is 39.6 Å². The Kier molecular flexibility index (Phi) is 11.1. The third-order valence-corrected chi connectivity index (χ3v) is 13.3. The van der Waals surface area contributed by atoms with Gasteiger partial charge in [0.2, 0.25) is 11.8 Å². The Morgan fingerprint density at radius 1 is 1.02 bits per heavy atom. The predicted molar refractivity (Wildman–Crippen MR) is 224 cm³/mol. The van der Waals surface area contributed by atoms with Crippen molar-refractivity contribution in [2.45, 2.75) is 94.4 Å². The van der Waals surface area contributed by atoms with E-state index in [1.165, 1.54) is 10.7 Å². The maximum Gasteiger partial charge on any atom is 0.284 e. The van der Waals surface area contributed by atoms with E-state index in [0.717, 1.165) is 98.8 Å². The standard InChI is InChI=1S/C45H48F2N10O5/c46-42(47)41-38(50-45(60)37-22-49-56-17-14-39(51-43(37)56)55-24-32-19-30(55)26-62-32)25-57(53-41)29-8-6-27(7-9-29)23-54-15-12-31(13-16-54)61-18-2-4-28-3-1-5-33-35(28)20-48-21-36(33)34-10-11-40(58)52-44(34)59/h1,3,5,14,17,20-22,25,27,29-32,34,42H,6-13,15-16,18-19,23-24,26H2,(H,50,60)(H,52,58,59)/t27-,29-,30-,32-,34?/m1/s1. The van der Waals surface area contributed by atoms with E-state index < -0.39 is 23.9 Å². The summed E-state index contributed by atoms with van der Waals surface area (Å²) in [5.41, 5.74) is 1.73. The number of nitrogens with zero attached hydrogens (tertiary/aromatic N) is 8. The molecule has 2 N–H and O–H groups in total. The van der Waals surface area contributed by atoms with Gasteiger partial charge in [0.15, 0.2) is 11.3 Å². The zero-order valence-corrected chi connectivity index (χ0v) is 34.2. The minimum Gasteiger partial charge on any atom is -0.374 e. The van der Waals surface area contributed by atoms with Crippen molar-refractivity contribution in [2.24, 2.45) is 5.92 Å². The number of rotatable bonds is 10. The van der Waals surface area contributed by atoms with Crippen LogP contribution in [-0.2, 0) is 19.1 Å². The third-order valence-electron chi connectivity index (χ3n) is 13.3. The highest BCUT2D eigenvalue weighted by Crippen LogP contribution is 2.37. The van der Waals surface area contributed by atoms with Gasteiger partial charge in [-0.3, -0.25) is 29.4 Å². The summed E-state index contributed by atoms with van der Waals surface area (Å²) in [4.78, 5) is 51.6. The van der Waals surface area contributed by atoms with Crippen molar-refractivity contribution in [1.29, 1.82) is 0 Å². The number of anilines is 2. The first-order valence-corrected chi connectivity index (χ1v) is 21.7. The van der Waals surface area contributed by atoms with Gasteiger partial charge in [0.1, 0.15) is 18.0 Å². The Labute approximate surface area is 356 Å². The second-order valence-corrected chi connectivity index (χ2v) is 17.2. The van der Waals surface area contributed by atoms with Crippen molar-refractivity contribution >= 4 is 45.6 Å². The molecule has 3 amide bonds. The monoisotopic (exact) mass is 846 g/mol. The first-order chi connectivity index (χ1) is 30.2. The van der Waals surface area contributed by atoms with E-state index in [1.807, 2.05) is 24.3 Å². The molecule has 322 valence electrons. The third kappa shape index (κ3) is 8.14. The summed E-state index contributed by atoms with van der Waals surface area (Å²) in [7, 11) is 0. The van der Waals surface area contributed by atoms with Crippen LogP contribution in [0.4, 0.5) is 20.3 Å². The molecular weight excluding hydrogens is 799 g/mol. The number of morpholine rings is 1. The number of hydrogen-bond donors (Lipinski definition) is 2. The van der Waals surface area contributed by atoms with Crippen LogP contribution in [0, 0.1) is 17.8 Å². The summed E-state index contributed by atoms with van der Waals surface area (Å²) in [6.07, 6.45) is 12.8. The van der Waals surface area contributed by atoms with E-state index in [4.69, 9.17) is 14.5 Å². The average molecular weight is 847 g/mol. The van der Waals surface area contributed by atoms with E-state index in [9.17, 15) is 23.2 Å².